The first kappa shape index (κ1) is 18.1. The quantitative estimate of drug-likeness (QED) is 0.225. The van der Waals surface area contributed by atoms with Crippen LogP contribution in [0.15, 0.2) is 103 Å². The fourth-order valence-electron chi connectivity index (χ4n) is 4.99. The molecule has 0 aliphatic heterocycles. The summed E-state index contributed by atoms with van der Waals surface area (Å²) in [6.07, 6.45) is 0. The Bertz CT molecular complexity index is 1560. The van der Waals surface area contributed by atoms with Crippen LogP contribution in [0.4, 0.5) is 0 Å². The lowest BCUT2D eigenvalue weighted by Crippen LogP contribution is -2.31. The summed E-state index contributed by atoms with van der Waals surface area (Å²) in [5, 5.41) is 29.1. The topological polar surface area (TPSA) is 40.5 Å². The molecule has 0 aliphatic carbocycles. The van der Waals surface area contributed by atoms with Gasteiger partial charge in [0.2, 0.25) is 0 Å². The number of hydrogen-bond acceptors (Lipinski definition) is 2. The van der Waals surface area contributed by atoms with Crippen LogP contribution in [-0.4, -0.2) is 17.2 Å². The van der Waals surface area contributed by atoms with Crippen molar-refractivity contribution in [3.8, 4) is 11.1 Å². The Labute approximate surface area is 180 Å². The molecule has 0 atom stereocenters. The second-order valence-electron chi connectivity index (χ2n) is 7.94. The van der Waals surface area contributed by atoms with Gasteiger partial charge in [0, 0.05) is 0 Å². The number of benzene rings is 6. The van der Waals surface area contributed by atoms with Crippen LogP contribution in [0.2, 0.25) is 0 Å². The van der Waals surface area contributed by atoms with Crippen molar-refractivity contribution in [3.05, 3.63) is 103 Å². The second kappa shape index (κ2) is 6.95. The molecule has 146 valence electrons. The monoisotopic (exact) mass is 398 g/mol. The maximum absolute atomic E-state index is 10.2. The van der Waals surface area contributed by atoms with Crippen LogP contribution < -0.4 is 5.46 Å². The first-order valence-corrected chi connectivity index (χ1v) is 10.4. The van der Waals surface area contributed by atoms with Crippen molar-refractivity contribution in [3.63, 3.8) is 0 Å². The van der Waals surface area contributed by atoms with Crippen LogP contribution in [0.5, 0.6) is 0 Å². The summed E-state index contributed by atoms with van der Waals surface area (Å²) in [6, 6.07) is 35.3. The molecule has 31 heavy (non-hydrogen) atoms. The second-order valence-corrected chi connectivity index (χ2v) is 7.94. The van der Waals surface area contributed by atoms with Gasteiger partial charge in [-0.3, -0.25) is 0 Å². The molecule has 0 aliphatic rings. The fourth-order valence-corrected chi connectivity index (χ4v) is 4.99. The van der Waals surface area contributed by atoms with E-state index in [9.17, 15) is 10.0 Å². The highest BCUT2D eigenvalue weighted by molar-refractivity contribution is 6.66. The molecule has 0 saturated heterocycles. The van der Waals surface area contributed by atoms with E-state index in [4.69, 9.17) is 0 Å². The van der Waals surface area contributed by atoms with Gasteiger partial charge in [-0.1, -0.05) is 103 Å². The highest BCUT2D eigenvalue weighted by atomic mass is 16.4. The van der Waals surface area contributed by atoms with Gasteiger partial charge in [-0.2, -0.15) is 0 Å². The van der Waals surface area contributed by atoms with Gasteiger partial charge in [-0.15, -0.1) is 0 Å². The van der Waals surface area contributed by atoms with E-state index in [1.54, 1.807) is 0 Å². The third-order valence-electron chi connectivity index (χ3n) is 6.29. The molecule has 0 unspecified atom stereocenters. The zero-order chi connectivity index (χ0) is 20.9. The molecule has 6 rings (SSSR count). The van der Waals surface area contributed by atoms with Crippen molar-refractivity contribution in [1.82, 2.24) is 0 Å². The molecule has 0 saturated carbocycles. The van der Waals surface area contributed by atoms with Gasteiger partial charge in [-0.25, -0.2) is 0 Å². The molecule has 3 heteroatoms. The van der Waals surface area contributed by atoms with E-state index < -0.39 is 7.12 Å². The van der Waals surface area contributed by atoms with Gasteiger partial charge in [0.25, 0.3) is 0 Å². The van der Waals surface area contributed by atoms with Crippen LogP contribution >= 0.6 is 0 Å². The Kier molecular flexibility index (Phi) is 4.07. The van der Waals surface area contributed by atoms with E-state index in [1.165, 1.54) is 21.5 Å². The van der Waals surface area contributed by atoms with Crippen molar-refractivity contribution in [2.75, 3.05) is 0 Å². The standard InChI is InChI=1S/C28H19BO2/c30-29(31)28-25-12-5-3-10-23(25)27(24-11-4-6-13-26(24)28)22-15-7-14-20-19-9-2-1-8-18(19)16-17-21(20)22/h1-17,30-31H. The summed E-state index contributed by atoms with van der Waals surface area (Å²) >= 11 is 0. The summed E-state index contributed by atoms with van der Waals surface area (Å²) in [7, 11) is -1.54. The van der Waals surface area contributed by atoms with Crippen molar-refractivity contribution < 1.29 is 10.0 Å². The average molecular weight is 398 g/mol. The third-order valence-corrected chi connectivity index (χ3v) is 6.29. The zero-order valence-corrected chi connectivity index (χ0v) is 16.8. The molecule has 0 amide bonds. The van der Waals surface area contributed by atoms with Crippen LogP contribution in [0, 0.1) is 0 Å². The van der Waals surface area contributed by atoms with Gasteiger partial charge in [0.1, 0.15) is 0 Å². The third kappa shape index (κ3) is 2.68. The highest BCUT2D eigenvalue weighted by Crippen LogP contribution is 2.40. The van der Waals surface area contributed by atoms with E-state index in [1.807, 2.05) is 36.4 Å². The van der Waals surface area contributed by atoms with E-state index in [0.29, 0.717) is 5.46 Å². The van der Waals surface area contributed by atoms with E-state index in [0.717, 1.165) is 32.7 Å². The van der Waals surface area contributed by atoms with Crippen molar-refractivity contribution >= 4 is 55.7 Å². The lowest BCUT2D eigenvalue weighted by atomic mass is 9.72. The molecule has 0 aromatic heterocycles. The molecule has 6 aromatic rings. The smallest absolute Gasteiger partial charge is 0.423 e. The summed E-state index contributed by atoms with van der Waals surface area (Å²) in [6.45, 7) is 0. The summed E-state index contributed by atoms with van der Waals surface area (Å²) < 4.78 is 0. The fraction of sp³-hybridized carbons (Fsp3) is 0. The van der Waals surface area contributed by atoms with Crippen LogP contribution in [0.1, 0.15) is 0 Å². The minimum absolute atomic E-state index is 0.556. The van der Waals surface area contributed by atoms with Crippen LogP contribution in [-0.2, 0) is 0 Å². The Hall–Kier alpha value is -3.66. The van der Waals surface area contributed by atoms with Gasteiger partial charge < -0.3 is 10.0 Å². The number of hydrogen-bond donors (Lipinski definition) is 2. The predicted octanol–water partition coefficient (Wildman–Crippen LogP) is 5.65. The molecule has 0 fully saturated rings. The van der Waals surface area contributed by atoms with Gasteiger partial charge >= 0.3 is 7.12 Å². The van der Waals surface area contributed by atoms with Crippen molar-refractivity contribution in [2.24, 2.45) is 0 Å². The molecule has 0 heterocycles. The first-order valence-electron chi connectivity index (χ1n) is 10.4. The van der Waals surface area contributed by atoms with Crippen LogP contribution in [0.25, 0.3) is 54.2 Å². The Morgan fingerprint density at radius 1 is 0.419 bits per heavy atom. The first-order chi connectivity index (χ1) is 15.2. The molecule has 2 N–H and O–H groups in total. The lowest BCUT2D eigenvalue weighted by Gasteiger charge is -2.18. The summed E-state index contributed by atoms with van der Waals surface area (Å²) in [5.41, 5.74) is 2.83. The number of fused-ring (bicyclic) bond motifs is 5. The molecule has 0 radical (unpaired) electrons. The molecule has 6 aromatic carbocycles. The Morgan fingerprint density at radius 2 is 0.968 bits per heavy atom. The van der Waals surface area contributed by atoms with E-state index in [2.05, 4.69) is 66.7 Å². The summed E-state index contributed by atoms with van der Waals surface area (Å²) in [5.74, 6) is 0. The van der Waals surface area contributed by atoms with Crippen LogP contribution in [0.3, 0.4) is 0 Å². The largest absolute Gasteiger partial charge is 0.489 e. The average Bonchev–Trinajstić information content (AvgIpc) is 2.81. The molecule has 0 bridgehead atoms. The van der Waals surface area contributed by atoms with Gasteiger partial charge in [0.15, 0.2) is 0 Å². The normalized spacial score (nSPS) is 11.5. The zero-order valence-electron chi connectivity index (χ0n) is 16.8. The van der Waals surface area contributed by atoms with E-state index >= 15 is 0 Å². The van der Waals surface area contributed by atoms with Crippen molar-refractivity contribution in [2.45, 2.75) is 0 Å². The Balaban J connectivity index is 1.84. The number of rotatable bonds is 2. The Morgan fingerprint density at radius 3 is 1.61 bits per heavy atom. The SMILES string of the molecule is OB(O)c1c2ccccc2c(-c2cccc3c2ccc2ccccc23)c2ccccc12. The molecule has 2 nitrogen and oxygen atoms in total. The maximum Gasteiger partial charge on any atom is 0.489 e. The molecular formula is C28H19BO2. The van der Waals surface area contributed by atoms with Gasteiger partial charge in [-0.05, 0) is 59.7 Å². The van der Waals surface area contributed by atoms with Crippen molar-refractivity contribution in [1.29, 1.82) is 0 Å². The maximum atomic E-state index is 10.2. The van der Waals surface area contributed by atoms with Gasteiger partial charge in [0.05, 0.1) is 0 Å². The highest BCUT2D eigenvalue weighted by Gasteiger charge is 2.22. The van der Waals surface area contributed by atoms with E-state index in [-0.39, 0.29) is 0 Å². The summed E-state index contributed by atoms with van der Waals surface area (Å²) in [4.78, 5) is 0. The molecular weight excluding hydrogens is 379 g/mol. The minimum Gasteiger partial charge on any atom is -0.423 e. The molecule has 0 spiro atoms. The minimum atomic E-state index is -1.54. The lowest BCUT2D eigenvalue weighted by molar-refractivity contribution is 0.426. The predicted molar refractivity (Wildman–Crippen MR) is 132 cm³/mol.